The van der Waals surface area contributed by atoms with Crippen molar-refractivity contribution in [3.05, 3.63) is 119 Å². The Balaban J connectivity index is 1.67. The Hall–Kier alpha value is -2.42. The molecule has 0 spiro atoms. The minimum Gasteiger partial charge on any atom is -0.300 e. The van der Waals surface area contributed by atoms with Crippen LogP contribution in [0.3, 0.4) is 0 Å². The van der Waals surface area contributed by atoms with Crippen molar-refractivity contribution in [1.29, 1.82) is 0 Å². The quantitative estimate of drug-likeness (QED) is 0.0707. The van der Waals surface area contributed by atoms with Crippen molar-refractivity contribution < 1.29 is 0 Å². The van der Waals surface area contributed by atoms with Crippen LogP contribution in [0.2, 0.25) is 0 Å². The Labute approximate surface area is 321 Å². The molecule has 0 aliphatic rings. The molecule has 0 bridgehead atoms. The third-order valence-electron chi connectivity index (χ3n) is 10.7. The molecule has 4 rings (SSSR count). The molecule has 0 atom stereocenters. The number of benzene rings is 4. The van der Waals surface area contributed by atoms with Crippen molar-refractivity contribution in [2.24, 2.45) is 0 Å². The Kier molecular flexibility index (Phi) is 18.5. The van der Waals surface area contributed by atoms with E-state index in [1.807, 2.05) is 0 Å². The fourth-order valence-corrected chi connectivity index (χ4v) is 12.2. The summed E-state index contributed by atoms with van der Waals surface area (Å²) in [6.07, 6.45) is 2.35. The Morgan fingerprint density at radius 1 is 0.288 bits per heavy atom. The third kappa shape index (κ3) is 12.6. The van der Waals surface area contributed by atoms with Crippen LogP contribution in [-0.4, -0.2) is 84.3 Å². The van der Waals surface area contributed by atoms with E-state index >= 15 is 0 Å². The second-order valence-corrected chi connectivity index (χ2v) is 18.5. The maximum atomic E-state index is 2.50. The van der Waals surface area contributed by atoms with Gasteiger partial charge in [-0.3, -0.25) is 19.6 Å². The van der Waals surface area contributed by atoms with Crippen LogP contribution in [0.15, 0.2) is 97.1 Å². The van der Waals surface area contributed by atoms with Gasteiger partial charge in [0, 0.05) is 26.2 Å². The fourth-order valence-electron chi connectivity index (χ4n) is 6.96. The van der Waals surface area contributed by atoms with Gasteiger partial charge in [-0.05, 0) is 124 Å². The van der Waals surface area contributed by atoms with Gasteiger partial charge in [-0.15, -0.1) is 0 Å². The average molecular weight is 739 g/mol. The molecule has 0 amide bonds. The summed E-state index contributed by atoms with van der Waals surface area (Å²) in [5.41, 5.74) is 5.64. The molecule has 0 aliphatic carbocycles. The summed E-state index contributed by atoms with van der Waals surface area (Å²) >= 11 is 0. The van der Waals surface area contributed by atoms with Crippen LogP contribution in [0.25, 0.3) is 0 Å². The van der Waals surface area contributed by atoms with Gasteiger partial charge in [-0.2, -0.15) is 0 Å². The first-order valence-electron chi connectivity index (χ1n) is 20.2. The van der Waals surface area contributed by atoms with E-state index in [-0.39, 0.29) is 0 Å². The Morgan fingerprint density at radius 2 is 0.462 bits per heavy atom. The van der Waals surface area contributed by atoms with Crippen LogP contribution in [0.5, 0.6) is 0 Å². The highest BCUT2D eigenvalue weighted by Crippen LogP contribution is 2.41. The SMILES string of the molecule is CCN(CC)Cc1ccc(P(CCP(c2ccc(CN(CC)CC)cc2)c2ccc(CN(CC)CC)cc2)c2ccc(CN(CC)CC)cc2)cc1. The van der Waals surface area contributed by atoms with Crippen molar-refractivity contribution in [2.75, 3.05) is 64.7 Å². The standard InChI is InChI=1S/C46H68N4P2/c1-9-47(10-2)35-39-17-25-43(26-18-39)51(44-27-19-40(20-28-44)36-48(11-3)12-4)33-34-52(45-29-21-41(22-30-45)37-49(13-5)14-6)46-31-23-42(24-32-46)38-50(15-7)16-8/h17-32H,9-16,33-38H2,1-8H3. The molecular formula is C46H68N4P2. The van der Waals surface area contributed by atoms with Gasteiger partial charge in [0.2, 0.25) is 0 Å². The molecule has 52 heavy (non-hydrogen) atoms. The normalized spacial score (nSPS) is 12.0. The van der Waals surface area contributed by atoms with E-state index in [1.165, 1.54) is 55.8 Å². The minimum atomic E-state index is -0.513. The predicted molar refractivity (Wildman–Crippen MR) is 234 cm³/mol. The zero-order valence-electron chi connectivity index (χ0n) is 33.8. The monoisotopic (exact) mass is 738 g/mol. The van der Waals surface area contributed by atoms with Gasteiger partial charge >= 0.3 is 0 Å². The smallest absolute Gasteiger partial charge is 0.0233 e. The van der Waals surface area contributed by atoms with Gasteiger partial charge in [0.1, 0.15) is 0 Å². The van der Waals surface area contributed by atoms with E-state index in [0.717, 1.165) is 78.5 Å². The van der Waals surface area contributed by atoms with Gasteiger partial charge < -0.3 is 0 Å². The highest BCUT2D eigenvalue weighted by molar-refractivity contribution is 7.76. The first-order chi connectivity index (χ1) is 25.4. The largest absolute Gasteiger partial charge is 0.300 e. The molecule has 4 aromatic carbocycles. The van der Waals surface area contributed by atoms with E-state index in [1.54, 1.807) is 0 Å². The van der Waals surface area contributed by atoms with Gasteiger partial charge in [0.25, 0.3) is 0 Å². The molecular weight excluding hydrogens is 670 g/mol. The first kappa shape index (κ1) is 42.3. The summed E-state index contributed by atoms with van der Waals surface area (Å²) < 4.78 is 0. The summed E-state index contributed by atoms with van der Waals surface area (Å²) in [7, 11) is -1.03. The van der Waals surface area contributed by atoms with Crippen molar-refractivity contribution in [3.63, 3.8) is 0 Å². The lowest BCUT2D eigenvalue weighted by Gasteiger charge is -2.26. The fraction of sp³-hybridized carbons (Fsp3) is 0.478. The summed E-state index contributed by atoms with van der Waals surface area (Å²) in [5, 5.41) is 5.98. The summed E-state index contributed by atoms with van der Waals surface area (Å²) in [4.78, 5) is 10.0. The third-order valence-corrected chi connectivity index (χ3v) is 16.1. The van der Waals surface area contributed by atoms with Crippen LogP contribution >= 0.6 is 15.8 Å². The van der Waals surface area contributed by atoms with Gasteiger partial charge in [-0.25, -0.2) is 0 Å². The van der Waals surface area contributed by atoms with Crippen LogP contribution in [0, 0.1) is 0 Å². The Morgan fingerprint density at radius 3 is 0.615 bits per heavy atom. The second kappa shape index (κ2) is 22.7. The molecule has 0 saturated carbocycles. The van der Waals surface area contributed by atoms with Crippen LogP contribution in [0.4, 0.5) is 0 Å². The van der Waals surface area contributed by atoms with Crippen molar-refractivity contribution in [3.8, 4) is 0 Å². The maximum absolute atomic E-state index is 2.50. The average Bonchev–Trinajstić information content (AvgIpc) is 3.20. The number of hydrogen-bond donors (Lipinski definition) is 0. The van der Waals surface area contributed by atoms with Crippen LogP contribution in [0.1, 0.15) is 77.6 Å². The molecule has 0 unspecified atom stereocenters. The molecule has 0 radical (unpaired) electrons. The lowest BCUT2D eigenvalue weighted by Crippen LogP contribution is -2.24. The lowest BCUT2D eigenvalue weighted by molar-refractivity contribution is 0.296. The zero-order chi connectivity index (χ0) is 37.3. The number of rotatable bonds is 23. The highest BCUT2D eigenvalue weighted by atomic mass is 31.1. The second-order valence-electron chi connectivity index (χ2n) is 13.8. The van der Waals surface area contributed by atoms with E-state index in [0.29, 0.717) is 0 Å². The minimum absolute atomic E-state index is 0.513. The topological polar surface area (TPSA) is 13.0 Å². The highest BCUT2D eigenvalue weighted by Gasteiger charge is 2.21. The van der Waals surface area contributed by atoms with Gasteiger partial charge in [-0.1, -0.05) is 152 Å². The Bertz CT molecular complexity index is 1290. The van der Waals surface area contributed by atoms with Gasteiger partial charge in [0.05, 0.1) is 0 Å². The van der Waals surface area contributed by atoms with Crippen molar-refractivity contribution in [1.82, 2.24) is 19.6 Å². The van der Waals surface area contributed by atoms with E-state index in [9.17, 15) is 0 Å². The van der Waals surface area contributed by atoms with Crippen molar-refractivity contribution in [2.45, 2.75) is 81.6 Å². The molecule has 0 aromatic heterocycles. The molecule has 0 aliphatic heterocycles. The zero-order valence-corrected chi connectivity index (χ0v) is 35.6. The van der Waals surface area contributed by atoms with E-state index in [2.05, 4.69) is 172 Å². The molecule has 282 valence electrons. The number of hydrogen-bond acceptors (Lipinski definition) is 4. The first-order valence-corrected chi connectivity index (χ1v) is 23.2. The molecule has 6 heteroatoms. The van der Waals surface area contributed by atoms with Gasteiger partial charge in [0.15, 0.2) is 0 Å². The molecule has 0 saturated heterocycles. The molecule has 0 N–H and O–H groups in total. The summed E-state index contributed by atoms with van der Waals surface area (Å²) in [5.74, 6) is 0. The molecule has 0 heterocycles. The molecule has 4 aromatic rings. The maximum Gasteiger partial charge on any atom is 0.0233 e. The summed E-state index contributed by atoms with van der Waals surface area (Å²) in [6.45, 7) is 30.8. The van der Waals surface area contributed by atoms with Crippen LogP contribution in [-0.2, 0) is 26.2 Å². The lowest BCUT2D eigenvalue weighted by atomic mass is 10.2. The van der Waals surface area contributed by atoms with Crippen LogP contribution < -0.4 is 21.2 Å². The molecule has 0 fully saturated rings. The predicted octanol–water partition coefficient (Wildman–Crippen LogP) is 8.62. The number of nitrogens with zero attached hydrogens (tertiary/aromatic N) is 4. The van der Waals surface area contributed by atoms with E-state index < -0.39 is 15.8 Å². The molecule has 4 nitrogen and oxygen atoms in total. The summed E-state index contributed by atoms with van der Waals surface area (Å²) in [6, 6.07) is 38.7. The van der Waals surface area contributed by atoms with Crippen molar-refractivity contribution >= 4 is 37.1 Å². The van der Waals surface area contributed by atoms with E-state index in [4.69, 9.17) is 0 Å².